The van der Waals surface area contributed by atoms with Gasteiger partial charge in [-0.3, -0.25) is 0 Å². The quantitative estimate of drug-likeness (QED) is 0.306. The molecule has 0 aliphatic rings. The van der Waals surface area contributed by atoms with Crippen molar-refractivity contribution in [3.05, 3.63) is 84.9 Å². The molecule has 6 heteroatoms. The Morgan fingerprint density at radius 3 is 0.917 bits per heavy atom. The summed E-state index contributed by atoms with van der Waals surface area (Å²) in [6.45, 7) is 0. The maximum absolute atomic E-state index is 3.96. The van der Waals surface area contributed by atoms with E-state index in [2.05, 4.69) is 134 Å². The molecule has 0 aliphatic carbocycles. The van der Waals surface area contributed by atoms with Crippen LogP contribution in [0.2, 0.25) is 0 Å². The van der Waals surface area contributed by atoms with E-state index in [1.165, 1.54) is 20.7 Å². The van der Waals surface area contributed by atoms with E-state index in [0.717, 1.165) is 0 Å². The first kappa shape index (κ1) is 18.8. The average molecular weight is 606 g/mol. The molecule has 3 aromatic rings. The van der Waals surface area contributed by atoms with Crippen LogP contribution >= 0.6 is 61.2 Å². The number of hydrogen-bond donors (Lipinski definition) is 0. The van der Waals surface area contributed by atoms with Crippen LogP contribution in [-0.2, 0) is 0 Å². The summed E-state index contributed by atoms with van der Waals surface area (Å²) >= 11 is 15.8. The van der Waals surface area contributed by atoms with Gasteiger partial charge >= 0.3 is 0 Å². The van der Waals surface area contributed by atoms with E-state index in [-0.39, 0.29) is 0 Å². The lowest BCUT2D eigenvalue weighted by Crippen LogP contribution is -2.50. The van der Waals surface area contributed by atoms with Crippen LogP contribution in [0.3, 0.4) is 0 Å². The van der Waals surface area contributed by atoms with Gasteiger partial charge in [0.05, 0.1) is 0 Å². The number of halogens is 4. The molecular weight excluding hydrogens is 592 g/mol. The second-order valence-corrected chi connectivity index (χ2v) is 30.7. The Bertz CT molecular complexity index is 733. The van der Waals surface area contributed by atoms with Gasteiger partial charge < -0.3 is 0 Å². The zero-order valence-corrected chi connectivity index (χ0v) is 20.9. The molecule has 0 aliphatic heterocycles. The fraction of sp³-hybridized carbons (Fsp3) is 0. The van der Waals surface area contributed by atoms with Gasteiger partial charge in [-0.15, -0.1) is 0 Å². The Hall–Kier alpha value is 0.0138. The smallest absolute Gasteiger partial charge is 0.0987 e. The Morgan fingerprint density at radius 1 is 0.375 bits per heavy atom. The summed E-state index contributed by atoms with van der Waals surface area (Å²) < 4.78 is 0. The zero-order valence-electron chi connectivity index (χ0n) is 12.6. The largest absolute Gasteiger partial charge is 0.259 e. The molecule has 3 aromatic carbocycles. The van der Waals surface area contributed by atoms with Gasteiger partial charge in [-0.05, 0) is 20.7 Å². The van der Waals surface area contributed by atoms with Gasteiger partial charge in [0.1, 0.15) is 0 Å². The van der Waals surface area contributed by atoms with Crippen LogP contribution in [0.5, 0.6) is 0 Å². The minimum absolute atomic E-state index is 1.30. The van der Waals surface area contributed by atoms with E-state index in [4.69, 9.17) is 0 Å². The van der Waals surface area contributed by atoms with Gasteiger partial charge in [0, 0.05) is 0 Å². The van der Waals surface area contributed by atoms with Gasteiger partial charge in [0.15, 0.2) is 0 Å². The predicted molar refractivity (Wildman–Crippen MR) is 125 cm³/mol. The SMILES string of the molecule is Br[Si](Br)(c1ccccc1)c1ccc([Si](Br)(Br)c2ccccc2)cc1. The fourth-order valence-electron chi connectivity index (χ4n) is 2.52. The summed E-state index contributed by atoms with van der Waals surface area (Å²) in [5, 5.41) is 1.20. The number of hydrogen-bond acceptors (Lipinski definition) is 0. The highest BCUT2D eigenvalue weighted by Gasteiger charge is 2.34. The first-order chi connectivity index (χ1) is 11.4. The summed E-state index contributed by atoms with van der Waals surface area (Å²) in [6.07, 6.45) is 0. The Labute approximate surface area is 176 Å². The second kappa shape index (κ2) is 7.72. The van der Waals surface area contributed by atoms with E-state index >= 15 is 0 Å². The molecule has 0 aromatic heterocycles. The molecule has 0 unspecified atom stereocenters. The standard InChI is InChI=1S/C18H14Br4Si2/c19-23(20,15-7-3-1-4-8-15)17-11-13-18(14-12-17)24(21,22)16-9-5-2-6-10-16/h1-14H. The van der Waals surface area contributed by atoms with Gasteiger partial charge in [0.2, 0.25) is 0 Å². The molecule has 0 amide bonds. The highest BCUT2D eigenvalue weighted by Crippen LogP contribution is 2.22. The van der Waals surface area contributed by atoms with Crippen molar-refractivity contribution in [3.63, 3.8) is 0 Å². The molecule has 0 saturated carbocycles. The maximum atomic E-state index is 3.96. The summed E-state index contributed by atoms with van der Waals surface area (Å²) in [5.41, 5.74) is 0. The van der Waals surface area contributed by atoms with Crippen molar-refractivity contribution < 1.29 is 0 Å². The van der Waals surface area contributed by atoms with Crippen molar-refractivity contribution in [3.8, 4) is 0 Å². The minimum Gasteiger partial charge on any atom is -0.0987 e. The molecule has 0 heterocycles. The topological polar surface area (TPSA) is 0 Å². The van der Waals surface area contributed by atoms with Gasteiger partial charge in [0.25, 0.3) is 10.6 Å². The molecule has 0 bridgehead atoms. The highest BCUT2D eigenvalue weighted by atomic mass is 79.9. The second-order valence-electron chi connectivity index (χ2n) is 5.46. The molecule has 24 heavy (non-hydrogen) atoms. The van der Waals surface area contributed by atoms with E-state index in [1.807, 2.05) is 12.1 Å². The molecule has 3 rings (SSSR count). The van der Waals surface area contributed by atoms with Gasteiger partial charge in [-0.1, -0.05) is 146 Å². The molecular formula is C18H14Br4Si2. The van der Waals surface area contributed by atoms with Crippen molar-refractivity contribution in [1.82, 2.24) is 0 Å². The lowest BCUT2D eigenvalue weighted by molar-refractivity contribution is 1.75. The molecule has 0 spiro atoms. The third kappa shape index (κ3) is 3.89. The molecule has 0 saturated heterocycles. The Morgan fingerprint density at radius 2 is 0.625 bits per heavy atom. The van der Waals surface area contributed by atoms with Crippen molar-refractivity contribution >= 4 is 92.5 Å². The molecule has 122 valence electrons. The maximum Gasteiger partial charge on any atom is 0.259 e. The number of benzene rings is 3. The van der Waals surface area contributed by atoms with E-state index in [9.17, 15) is 0 Å². The third-order valence-electron chi connectivity index (χ3n) is 3.88. The lowest BCUT2D eigenvalue weighted by atomic mass is 10.3. The van der Waals surface area contributed by atoms with Gasteiger partial charge in [-0.2, -0.15) is 0 Å². The molecule has 0 N–H and O–H groups in total. The van der Waals surface area contributed by atoms with Crippen molar-refractivity contribution in [2.24, 2.45) is 0 Å². The van der Waals surface area contributed by atoms with Crippen molar-refractivity contribution in [2.45, 2.75) is 0 Å². The monoisotopic (exact) mass is 602 g/mol. The van der Waals surface area contributed by atoms with Crippen LogP contribution in [0.15, 0.2) is 84.9 Å². The van der Waals surface area contributed by atoms with E-state index < -0.39 is 10.6 Å². The predicted octanol–water partition coefficient (Wildman–Crippen LogP) is 4.38. The Kier molecular flexibility index (Phi) is 6.04. The third-order valence-corrected chi connectivity index (χ3v) is 19.1. The van der Waals surface area contributed by atoms with Crippen molar-refractivity contribution in [2.75, 3.05) is 0 Å². The summed E-state index contributed by atoms with van der Waals surface area (Å²) in [4.78, 5) is 0. The lowest BCUT2D eigenvalue weighted by Gasteiger charge is -2.22. The molecule has 0 atom stereocenters. The average Bonchev–Trinajstić information content (AvgIpc) is 2.63. The summed E-state index contributed by atoms with van der Waals surface area (Å²) in [7, 11) is 0. The summed E-state index contributed by atoms with van der Waals surface area (Å²) in [5.74, 6) is 0. The molecule has 0 fully saturated rings. The van der Waals surface area contributed by atoms with Gasteiger partial charge in [-0.25, -0.2) is 0 Å². The van der Waals surface area contributed by atoms with Crippen molar-refractivity contribution in [1.29, 1.82) is 0 Å². The first-order valence-corrected chi connectivity index (χ1v) is 20.4. The zero-order chi connectivity index (χ0) is 17.2. The first-order valence-electron chi connectivity index (χ1n) is 7.40. The number of rotatable bonds is 4. The highest BCUT2D eigenvalue weighted by molar-refractivity contribution is 9.52. The van der Waals surface area contributed by atoms with Crippen LogP contribution in [0.4, 0.5) is 0 Å². The molecule has 0 nitrogen and oxygen atoms in total. The van der Waals surface area contributed by atoms with Crippen LogP contribution in [-0.4, -0.2) is 10.6 Å². The summed E-state index contributed by atoms with van der Waals surface area (Å²) in [6, 6.07) is 30.0. The van der Waals surface area contributed by atoms with Crippen LogP contribution in [0.25, 0.3) is 0 Å². The van der Waals surface area contributed by atoms with Crippen LogP contribution in [0.1, 0.15) is 0 Å². The molecule has 0 radical (unpaired) electrons. The van der Waals surface area contributed by atoms with E-state index in [0.29, 0.717) is 0 Å². The Balaban J connectivity index is 1.94. The minimum atomic E-state index is -2.01. The van der Waals surface area contributed by atoms with Crippen LogP contribution < -0.4 is 20.7 Å². The fourth-order valence-corrected chi connectivity index (χ4v) is 11.9. The van der Waals surface area contributed by atoms with E-state index in [1.54, 1.807) is 0 Å². The van der Waals surface area contributed by atoms with Crippen LogP contribution in [0, 0.1) is 0 Å². The normalized spacial score (nSPS) is 12.2.